The van der Waals surface area contributed by atoms with E-state index >= 15 is 0 Å². The van der Waals surface area contributed by atoms with Gasteiger partial charge in [0.2, 0.25) is 0 Å². The molecule has 0 aliphatic carbocycles. The summed E-state index contributed by atoms with van der Waals surface area (Å²) in [5.74, 6) is 1.74. The van der Waals surface area contributed by atoms with E-state index in [1.807, 2.05) is 64.1 Å². The summed E-state index contributed by atoms with van der Waals surface area (Å²) in [6.45, 7) is 13.3. The van der Waals surface area contributed by atoms with E-state index < -0.39 is 12.2 Å². The molecule has 1 heterocycles. The quantitative estimate of drug-likeness (QED) is 0.590. The van der Waals surface area contributed by atoms with Gasteiger partial charge in [0.1, 0.15) is 36.9 Å². The van der Waals surface area contributed by atoms with Crippen molar-refractivity contribution in [1.29, 1.82) is 0 Å². The van der Waals surface area contributed by atoms with E-state index in [1.165, 1.54) is 0 Å². The van der Waals surface area contributed by atoms with Crippen molar-refractivity contribution in [2.24, 2.45) is 0 Å². The summed E-state index contributed by atoms with van der Waals surface area (Å²) in [4.78, 5) is 4.52. The minimum Gasteiger partial charge on any atom is -0.490 e. The number of para-hydroxylation sites is 2. The molecular formula is C26H38N2O4. The number of β-amino-alcohol motifs (C(OH)–C–C–N with tert-alkyl or cyclic N) is 2. The van der Waals surface area contributed by atoms with Gasteiger partial charge in [0.05, 0.1) is 0 Å². The van der Waals surface area contributed by atoms with Crippen LogP contribution in [0.2, 0.25) is 0 Å². The fourth-order valence-corrected chi connectivity index (χ4v) is 4.27. The number of aryl methyl sites for hydroxylation is 4. The van der Waals surface area contributed by atoms with Crippen LogP contribution in [-0.4, -0.2) is 84.7 Å². The molecule has 2 aromatic rings. The first-order chi connectivity index (χ1) is 15.3. The van der Waals surface area contributed by atoms with Crippen molar-refractivity contribution in [3.8, 4) is 11.5 Å². The molecule has 0 bridgehead atoms. The summed E-state index contributed by atoms with van der Waals surface area (Å²) in [6, 6.07) is 12.1. The van der Waals surface area contributed by atoms with Crippen molar-refractivity contribution in [2.45, 2.75) is 39.9 Å². The molecule has 6 nitrogen and oxygen atoms in total. The first kappa shape index (κ1) is 24.5. The van der Waals surface area contributed by atoms with Gasteiger partial charge in [0.15, 0.2) is 0 Å². The van der Waals surface area contributed by atoms with Crippen molar-refractivity contribution in [3.63, 3.8) is 0 Å². The van der Waals surface area contributed by atoms with E-state index in [1.54, 1.807) is 0 Å². The molecule has 2 aromatic carbocycles. The Kier molecular flexibility index (Phi) is 8.93. The minimum absolute atomic E-state index is 0.292. The fourth-order valence-electron chi connectivity index (χ4n) is 4.27. The maximum absolute atomic E-state index is 10.4. The third-order valence-corrected chi connectivity index (χ3v) is 6.06. The first-order valence-corrected chi connectivity index (χ1v) is 11.5. The van der Waals surface area contributed by atoms with Crippen LogP contribution in [0.1, 0.15) is 22.3 Å². The highest BCUT2D eigenvalue weighted by molar-refractivity contribution is 5.40. The Balaban J connectivity index is 1.35. The van der Waals surface area contributed by atoms with Gasteiger partial charge in [-0.2, -0.15) is 0 Å². The smallest absolute Gasteiger partial charge is 0.125 e. The highest BCUT2D eigenvalue weighted by Crippen LogP contribution is 2.23. The van der Waals surface area contributed by atoms with E-state index in [0.29, 0.717) is 26.3 Å². The molecule has 0 saturated carbocycles. The molecule has 32 heavy (non-hydrogen) atoms. The van der Waals surface area contributed by atoms with Crippen LogP contribution in [0.4, 0.5) is 0 Å². The van der Waals surface area contributed by atoms with Crippen LogP contribution >= 0.6 is 0 Å². The monoisotopic (exact) mass is 442 g/mol. The number of aliphatic hydroxyl groups is 2. The third kappa shape index (κ3) is 6.94. The van der Waals surface area contributed by atoms with Gasteiger partial charge in [0, 0.05) is 39.3 Å². The summed E-state index contributed by atoms with van der Waals surface area (Å²) in [5, 5.41) is 20.9. The number of hydrogen-bond donors (Lipinski definition) is 2. The number of ether oxygens (including phenoxy) is 2. The number of nitrogens with zero attached hydrogens (tertiary/aromatic N) is 2. The van der Waals surface area contributed by atoms with Crippen molar-refractivity contribution < 1.29 is 19.7 Å². The lowest BCUT2D eigenvalue weighted by Crippen LogP contribution is -2.51. The Morgan fingerprint density at radius 2 is 0.969 bits per heavy atom. The molecule has 1 aliphatic rings. The van der Waals surface area contributed by atoms with Gasteiger partial charge in [0.25, 0.3) is 0 Å². The van der Waals surface area contributed by atoms with Gasteiger partial charge in [-0.25, -0.2) is 0 Å². The van der Waals surface area contributed by atoms with E-state index in [0.717, 1.165) is 59.9 Å². The Bertz CT molecular complexity index is 753. The Hall–Kier alpha value is -2.12. The number of rotatable bonds is 10. The second-order valence-corrected chi connectivity index (χ2v) is 8.97. The van der Waals surface area contributed by atoms with Gasteiger partial charge >= 0.3 is 0 Å². The van der Waals surface area contributed by atoms with Crippen molar-refractivity contribution in [3.05, 3.63) is 58.7 Å². The van der Waals surface area contributed by atoms with Crippen LogP contribution in [0, 0.1) is 27.7 Å². The van der Waals surface area contributed by atoms with Crippen LogP contribution in [0.15, 0.2) is 36.4 Å². The van der Waals surface area contributed by atoms with Crippen LogP contribution in [-0.2, 0) is 0 Å². The lowest BCUT2D eigenvalue weighted by molar-refractivity contribution is 0.0238. The maximum Gasteiger partial charge on any atom is 0.125 e. The zero-order chi connectivity index (χ0) is 23.1. The minimum atomic E-state index is -0.531. The summed E-state index contributed by atoms with van der Waals surface area (Å²) < 4.78 is 11.8. The molecule has 3 rings (SSSR count). The standard InChI is InChI=1S/C26H38N2O4/c1-19-7-5-8-20(2)25(19)31-17-23(29)15-27-11-13-28(14-12-27)16-24(30)18-32-26-21(3)9-6-10-22(26)4/h5-10,23-24,29-30H,11-18H2,1-4H3. The van der Waals surface area contributed by atoms with Gasteiger partial charge in [-0.05, 0) is 49.9 Å². The van der Waals surface area contributed by atoms with Crippen LogP contribution < -0.4 is 9.47 Å². The number of benzene rings is 2. The van der Waals surface area contributed by atoms with Crippen molar-refractivity contribution in [1.82, 2.24) is 9.80 Å². The highest BCUT2D eigenvalue weighted by Gasteiger charge is 2.22. The number of aliphatic hydroxyl groups excluding tert-OH is 2. The zero-order valence-electron chi connectivity index (χ0n) is 19.9. The first-order valence-electron chi connectivity index (χ1n) is 11.5. The molecule has 0 amide bonds. The molecule has 1 fully saturated rings. The van der Waals surface area contributed by atoms with Gasteiger partial charge in [-0.1, -0.05) is 36.4 Å². The summed E-state index contributed by atoms with van der Waals surface area (Å²) in [5.41, 5.74) is 4.36. The largest absolute Gasteiger partial charge is 0.490 e. The van der Waals surface area contributed by atoms with E-state index in [4.69, 9.17) is 9.47 Å². The Morgan fingerprint density at radius 1 is 0.656 bits per heavy atom. The lowest BCUT2D eigenvalue weighted by atomic mass is 10.1. The molecule has 176 valence electrons. The zero-order valence-corrected chi connectivity index (χ0v) is 19.9. The third-order valence-electron chi connectivity index (χ3n) is 6.06. The average Bonchev–Trinajstić information content (AvgIpc) is 2.74. The molecule has 2 unspecified atom stereocenters. The van der Waals surface area contributed by atoms with E-state index in [9.17, 15) is 10.2 Å². The summed E-state index contributed by atoms with van der Waals surface area (Å²) >= 11 is 0. The lowest BCUT2D eigenvalue weighted by Gasteiger charge is -2.36. The average molecular weight is 443 g/mol. The second kappa shape index (κ2) is 11.7. The van der Waals surface area contributed by atoms with Crippen molar-refractivity contribution in [2.75, 3.05) is 52.5 Å². The molecular weight excluding hydrogens is 404 g/mol. The van der Waals surface area contributed by atoms with Gasteiger partial charge in [-0.3, -0.25) is 9.80 Å². The van der Waals surface area contributed by atoms with Gasteiger partial charge in [-0.15, -0.1) is 0 Å². The molecule has 1 saturated heterocycles. The molecule has 1 aliphatic heterocycles. The normalized spacial score (nSPS) is 17.2. The van der Waals surface area contributed by atoms with E-state index in [2.05, 4.69) is 9.80 Å². The summed E-state index contributed by atoms with van der Waals surface area (Å²) in [6.07, 6.45) is -1.06. The molecule has 2 atom stereocenters. The predicted molar refractivity (Wildman–Crippen MR) is 128 cm³/mol. The summed E-state index contributed by atoms with van der Waals surface area (Å²) in [7, 11) is 0. The number of hydrogen-bond acceptors (Lipinski definition) is 6. The fraction of sp³-hybridized carbons (Fsp3) is 0.538. The topological polar surface area (TPSA) is 65.4 Å². The maximum atomic E-state index is 10.4. The molecule has 0 spiro atoms. The molecule has 0 radical (unpaired) electrons. The second-order valence-electron chi connectivity index (χ2n) is 8.97. The molecule has 0 aromatic heterocycles. The highest BCUT2D eigenvalue weighted by atomic mass is 16.5. The Morgan fingerprint density at radius 3 is 1.28 bits per heavy atom. The van der Waals surface area contributed by atoms with Crippen molar-refractivity contribution >= 4 is 0 Å². The SMILES string of the molecule is Cc1cccc(C)c1OCC(O)CN1CCN(CC(O)COc2c(C)cccc2C)CC1. The van der Waals surface area contributed by atoms with Gasteiger partial charge < -0.3 is 19.7 Å². The van der Waals surface area contributed by atoms with Crippen LogP contribution in [0.3, 0.4) is 0 Å². The molecule has 6 heteroatoms. The van der Waals surface area contributed by atoms with E-state index in [-0.39, 0.29) is 0 Å². The Labute approximate surface area is 192 Å². The number of piperazine rings is 1. The van der Waals surface area contributed by atoms with Crippen LogP contribution in [0.5, 0.6) is 11.5 Å². The van der Waals surface area contributed by atoms with Crippen LogP contribution in [0.25, 0.3) is 0 Å². The predicted octanol–water partition coefficient (Wildman–Crippen LogP) is 2.72. The molecule has 2 N–H and O–H groups in total.